The first-order chi connectivity index (χ1) is 14.3. The monoisotopic (exact) mass is 636 g/mol. The fourth-order valence-electron chi connectivity index (χ4n) is 2.13. The van der Waals surface area contributed by atoms with Crippen LogP contribution < -0.4 is 6.15 Å². The van der Waals surface area contributed by atoms with E-state index in [2.05, 4.69) is 58.8 Å². The van der Waals surface area contributed by atoms with Crippen molar-refractivity contribution in [3.8, 4) is 0 Å². The lowest BCUT2D eigenvalue weighted by atomic mass is 10.1. The quantitative estimate of drug-likeness (QED) is 0.287. The molecule has 3 nitrogen and oxygen atoms in total. The Morgan fingerprint density at radius 1 is 0.909 bits per heavy atom. The van der Waals surface area contributed by atoms with Crippen molar-refractivity contribution in [1.29, 1.82) is 0 Å². The number of rotatable bonds is 1. The highest BCUT2D eigenvalue weighted by Crippen LogP contribution is 2.22. The minimum absolute atomic E-state index is 0. The molecule has 13 heteroatoms. The Bertz CT molecular complexity index is 1260. The van der Waals surface area contributed by atoms with E-state index in [4.69, 9.17) is 11.6 Å². The molecular formula is C20H29ClN2OS9. The zero-order valence-corrected chi connectivity index (χ0v) is 25.2. The Hall–Kier alpha value is 0.0100. The van der Waals surface area contributed by atoms with E-state index >= 15 is 0 Å². The third kappa shape index (κ3) is 14.9. The van der Waals surface area contributed by atoms with Crippen LogP contribution in [0.25, 0.3) is 10.1 Å². The van der Waals surface area contributed by atoms with E-state index in [1.54, 1.807) is 59.2 Å². The fourth-order valence-corrected chi connectivity index (χ4v) is 14.1. The van der Waals surface area contributed by atoms with Gasteiger partial charge in [-0.05, 0) is 63.5 Å². The number of aromatic nitrogens is 1. The molecular weight excluding hydrogens is 608 g/mol. The smallest absolute Gasteiger partial charge is 0.161 e. The molecule has 2 aromatic carbocycles. The normalized spacial score (nSPS) is 8.39. The lowest BCUT2D eigenvalue weighted by Crippen LogP contribution is -1.93. The van der Waals surface area contributed by atoms with Gasteiger partial charge in [0.2, 0.25) is 0 Å². The molecule has 0 radical (unpaired) electrons. The molecule has 3 rings (SSSR count). The first-order valence-electron chi connectivity index (χ1n) is 8.15. The Balaban J connectivity index is -0.000000398. The maximum atomic E-state index is 10.9. The first kappa shape index (κ1) is 37.6. The lowest BCUT2D eigenvalue weighted by Gasteiger charge is -1.99. The first-order valence-corrected chi connectivity index (χ1v) is 18.6. The molecule has 3 aromatic rings. The third-order valence-corrected chi connectivity index (χ3v) is 15.8. The average molecular weight is 638 g/mol. The molecule has 0 atom stereocenters. The second kappa shape index (κ2) is 21.3. The van der Waals surface area contributed by atoms with Crippen LogP contribution in [0.15, 0.2) is 36.4 Å². The van der Waals surface area contributed by atoms with E-state index in [-0.39, 0.29) is 26.8 Å². The molecule has 1 heterocycles. The Kier molecular flexibility index (Phi) is 24.2. The molecule has 186 valence electrons. The molecule has 0 unspecified atom stereocenters. The fraction of sp³-hybridized carbons (Fsp3) is 0.300. The van der Waals surface area contributed by atoms with Gasteiger partial charge in [0.05, 0.1) is 15.4 Å². The van der Waals surface area contributed by atoms with Crippen molar-refractivity contribution in [3.05, 3.63) is 63.8 Å². The highest BCUT2D eigenvalue weighted by Gasteiger charge is 2.04. The summed E-state index contributed by atoms with van der Waals surface area (Å²) in [6.45, 7) is 7.61. The summed E-state index contributed by atoms with van der Waals surface area (Å²) in [5.41, 5.74) is 4.11. The van der Waals surface area contributed by atoms with Gasteiger partial charge in [0.1, 0.15) is 0 Å². The van der Waals surface area contributed by atoms with Crippen LogP contribution >= 0.6 is 23.1 Å². The zero-order chi connectivity index (χ0) is 22.5. The minimum Gasteiger partial charge on any atom is -0.344 e. The van der Waals surface area contributed by atoms with E-state index < -0.39 is 0 Å². The highest BCUT2D eigenvalue weighted by atomic mass is 35.5. The molecule has 0 spiro atoms. The number of benzene rings is 2. The van der Waals surface area contributed by atoms with Crippen molar-refractivity contribution < 1.29 is 4.79 Å². The van der Waals surface area contributed by atoms with Crippen LogP contribution in [0.2, 0.25) is 5.02 Å². The number of hydrogen-bond donors (Lipinski definition) is 1. The standard InChI is InChI=1S/C9H9ClO.C9H9NS.2CH4.H3N.S8/c1-6-3-4-9(10)8(5-6)7(2)11;1-6-3-4-9-8(5-6)7(2)10-11-9;;;;1-3-5-7-8-6-4-2/h2*3-5H,1-2H3;2*1H4;1H3;. The largest absolute Gasteiger partial charge is 0.344 e. The van der Waals surface area contributed by atoms with Crippen molar-refractivity contribution in [3.63, 3.8) is 0 Å². The maximum absolute atomic E-state index is 10.9. The number of carbonyl (C=O) groups excluding carboxylic acids is 1. The second-order valence-corrected chi connectivity index (χ2v) is 17.5. The zero-order valence-electron chi connectivity index (χ0n) is 17.1. The number of carbonyl (C=O) groups is 1. The SMILES string of the molecule is C.C.CC(=O)c1cc(C)ccc1Cl.Cc1ccc2snc(C)c2c1.N.S=S=S=S=S=S=S=S. The average Bonchev–Trinajstić information content (AvgIpc) is 3.08. The number of aryl methyl sites for hydroxylation is 3. The number of halogens is 1. The van der Waals surface area contributed by atoms with E-state index in [0.717, 1.165) is 11.3 Å². The summed E-state index contributed by atoms with van der Waals surface area (Å²) in [5.74, 6) is 0.0127. The van der Waals surface area contributed by atoms with Crippen LogP contribution in [0.4, 0.5) is 0 Å². The molecule has 1 aromatic heterocycles. The lowest BCUT2D eigenvalue weighted by molar-refractivity contribution is 0.101. The molecule has 0 aliphatic carbocycles. The Morgan fingerprint density at radius 2 is 1.42 bits per heavy atom. The number of ketones is 1. The molecule has 0 aliphatic rings. The van der Waals surface area contributed by atoms with Gasteiger partial charge in [0.15, 0.2) is 5.78 Å². The van der Waals surface area contributed by atoms with Crippen molar-refractivity contribution in [1.82, 2.24) is 10.5 Å². The van der Waals surface area contributed by atoms with E-state index in [1.807, 2.05) is 13.0 Å². The molecule has 0 saturated carbocycles. The van der Waals surface area contributed by atoms with Gasteiger partial charge < -0.3 is 6.15 Å². The molecule has 3 N–H and O–H groups in total. The van der Waals surface area contributed by atoms with Gasteiger partial charge in [-0.15, -0.1) is 0 Å². The molecule has 33 heavy (non-hydrogen) atoms. The van der Waals surface area contributed by atoms with Crippen molar-refractivity contribution in [2.75, 3.05) is 0 Å². The molecule has 0 aliphatic heterocycles. The van der Waals surface area contributed by atoms with E-state index in [9.17, 15) is 4.79 Å². The number of fused-ring (bicyclic) bond motifs is 1. The topological polar surface area (TPSA) is 65.0 Å². The summed E-state index contributed by atoms with van der Waals surface area (Å²) in [7, 11) is 9.12. The van der Waals surface area contributed by atoms with Crippen molar-refractivity contribution in [2.24, 2.45) is 0 Å². The summed E-state index contributed by atoms with van der Waals surface area (Å²) in [5, 5.41) is 1.83. The van der Waals surface area contributed by atoms with Gasteiger partial charge >= 0.3 is 0 Å². The minimum atomic E-state index is 0. The Labute approximate surface area is 234 Å². The molecule has 0 fully saturated rings. The van der Waals surface area contributed by atoms with Gasteiger partial charge in [-0.2, -0.15) is 4.37 Å². The summed E-state index contributed by atoms with van der Waals surface area (Å²) >= 11 is 16.6. The van der Waals surface area contributed by atoms with Crippen LogP contribution in [0, 0.1) is 20.8 Å². The van der Waals surface area contributed by atoms with E-state index in [0.29, 0.717) is 10.6 Å². The summed E-state index contributed by atoms with van der Waals surface area (Å²) in [4.78, 5) is 10.9. The van der Waals surface area contributed by atoms with Gasteiger partial charge in [-0.1, -0.05) is 49.7 Å². The van der Waals surface area contributed by atoms with Gasteiger partial charge in [0, 0.05) is 86.6 Å². The van der Waals surface area contributed by atoms with Crippen LogP contribution in [-0.4, -0.2) is 10.2 Å². The van der Waals surface area contributed by atoms with Crippen LogP contribution in [-0.2, 0) is 75.7 Å². The van der Waals surface area contributed by atoms with Crippen LogP contribution in [0.5, 0.6) is 0 Å². The van der Waals surface area contributed by atoms with Crippen LogP contribution in [0.3, 0.4) is 0 Å². The Morgan fingerprint density at radius 3 is 1.91 bits per heavy atom. The predicted octanol–water partition coefficient (Wildman–Crippen LogP) is 7.18. The van der Waals surface area contributed by atoms with Gasteiger partial charge in [-0.3, -0.25) is 4.79 Å². The highest BCUT2D eigenvalue weighted by molar-refractivity contribution is 8.70. The summed E-state index contributed by atoms with van der Waals surface area (Å²) in [6, 6.07) is 11.9. The maximum Gasteiger partial charge on any atom is 0.161 e. The van der Waals surface area contributed by atoms with Crippen LogP contribution in [0.1, 0.15) is 49.0 Å². The summed E-state index contributed by atoms with van der Waals surface area (Å²) < 4.78 is 5.56. The van der Waals surface area contributed by atoms with Gasteiger partial charge in [0.25, 0.3) is 0 Å². The molecule has 0 saturated heterocycles. The van der Waals surface area contributed by atoms with Gasteiger partial charge in [-0.25, -0.2) is 0 Å². The van der Waals surface area contributed by atoms with Crippen molar-refractivity contribution >= 4 is 115 Å². The third-order valence-electron chi connectivity index (χ3n) is 3.45. The summed E-state index contributed by atoms with van der Waals surface area (Å²) in [6.07, 6.45) is 0. The number of hydrogen-bond acceptors (Lipinski definition) is 6. The predicted molar refractivity (Wildman–Crippen MR) is 173 cm³/mol. The second-order valence-electron chi connectivity index (χ2n) is 5.72. The molecule has 0 bridgehead atoms. The molecule has 0 amide bonds. The van der Waals surface area contributed by atoms with E-state index in [1.165, 1.54) is 40.3 Å². The van der Waals surface area contributed by atoms with Crippen molar-refractivity contribution in [2.45, 2.75) is 42.5 Å². The number of Topliss-reactive ketones (excluding diaryl/α,β-unsaturated/α-hetero) is 1. The number of nitrogens with zero attached hydrogens (tertiary/aromatic N) is 1.